The van der Waals surface area contributed by atoms with E-state index in [1.165, 1.54) is 4.31 Å². The summed E-state index contributed by atoms with van der Waals surface area (Å²) in [5.41, 5.74) is 2.26. The molecule has 7 heteroatoms. The third-order valence-corrected chi connectivity index (χ3v) is 5.64. The van der Waals surface area contributed by atoms with Crippen LogP contribution in [0.1, 0.15) is 17.0 Å². The van der Waals surface area contributed by atoms with Crippen LogP contribution in [0.3, 0.4) is 0 Å². The summed E-state index contributed by atoms with van der Waals surface area (Å²) in [6.07, 6.45) is 1.68. The Balaban J connectivity index is 1.96. The molecule has 0 fully saturated rings. The summed E-state index contributed by atoms with van der Waals surface area (Å²) in [6, 6.07) is 8.56. The van der Waals surface area contributed by atoms with E-state index in [2.05, 4.69) is 10.1 Å². The SMILES string of the molecule is Cc1noc(C)c1CN(C)S(=O)(=O)c1ccc2ncccc2c1. The highest BCUT2D eigenvalue weighted by molar-refractivity contribution is 7.89. The number of hydrogen-bond acceptors (Lipinski definition) is 5. The number of sulfonamides is 1. The van der Waals surface area contributed by atoms with Crippen LogP contribution in [0.15, 0.2) is 45.9 Å². The van der Waals surface area contributed by atoms with Crippen molar-refractivity contribution < 1.29 is 12.9 Å². The summed E-state index contributed by atoms with van der Waals surface area (Å²) < 4.78 is 32.0. The van der Waals surface area contributed by atoms with Crippen LogP contribution in [0.2, 0.25) is 0 Å². The molecule has 120 valence electrons. The van der Waals surface area contributed by atoms with Crippen molar-refractivity contribution in [3.05, 3.63) is 53.5 Å². The van der Waals surface area contributed by atoms with Crippen LogP contribution < -0.4 is 0 Å². The Labute approximate surface area is 134 Å². The van der Waals surface area contributed by atoms with Crippen LogP contribution in [0.5, 0.6) is 0 Å². The predicted octanol–water partition coefficient (Wildman–Crippen LogP) is 2.66. The summed E-state index contributed by atoms with van der Waals surface area (Å²) in [5, 5.41) is 4.65. The molecular formula is C16H17N3O3S. The molecule has 2 heterocycles. The second-order valence-electron chi connectivity index (χ2n) is 5.42. The molecule has 0 bridgehead atoms. The Hall–Kier alpha value is -2.25. The smallest absolute Gasteiger partial charge is 0.243 e. The Morgan fingerprint density at radius 2 is 2.00 bits per heavy atom. The van der Waals surface area contributed by atoms with Crippen molar-refractivity contribution >= 4 is 20.9 Å². The topological polar surface area (TPSA) is 76.3 Å². The van der Waals surface area contributed by atoms with Crippen LogP contribution in [0.4, 0.5) is 0 Å². The van der Waals surface area contributed by atoms with Crippen molar-refractivity contribution in [3.8, 4) is 0 Å². The molecule has 0 aliphatic carbocycles. The van der Waals surface area contributed by atoms with Crippen molar-refractivity contribution in [3.63, 3.8) is 0 Å². The average molecular weight is 331 g/mol. The van der Waals surface area contributed by atoms with E-state index in [1.54, 1.807) is 51.4 Å². The Morgan fingerprint density at radius 3 is 2.70 bits per heavy atom. The molecule has 0 unspecified atom stereocenters. The lowest BCUT2D eigenvalue weighted by atomic mass is 10.2. The predicted molar refractivity (Wildman–Crippen MR) is 86.4 cm³/mol. The highest BCUT2D eigenvalue weighted by Crippen LogP contribution is 2.23. The van der Waals surface area contributed by atoms with E-state index in [1.807, 2.05) is 6.07 Å². The second kappa shape index (κ2) is 5.75. The number of fused-ring (bicyclic) bond motifs is 1. The first-order chi connectivity index (χ1) is 10.9. The zero-order chi connectivity index (χ0) is 16.6. The van der Waals surface area contributed by atoms with Gasteiger partial charge in [-0.1, -0.05) is 11.2 Å². The molecule has 0 aliphatic heterocycles. The van der Waals surface area contributed by atoms with Gasteiger partial charge in [-0.2, -0.15) is 4.31 Å². The number of hydrogen-bond donors (Lipinski definition) is 0. The molecule has 0 amide bonds. The summed E-state index contributed by atoms with van der Waals surface area (Å²) in [4.78, 5) is 4.45. The van der Waals surface area contributed by atoms with Gasteiger partial charge < -0.3 is 4.52 Å². The Morgan fingerprint density at radius 1 is 1.22 bits per heavy atom. The normalized spacial score (nSPS) is 12.2. The molecule has 0 N–H and O–H groups in total. The lowest BCUT2D eigenvalue weighted by molar-refractivity contribution is 0.390. The monoisotopic (exact) mass is 331 g/mol. The van der Waals surface area contributed by atoms with Gasteiger partial charge in [-0.05, 0) is 38.1 Å². The van der Waals surface area contributed by atoms with Gasteiger partial charge in [-0.15, -0.1) is 0 Å². The summed E-state index contributed by atoms with van der Waals surface area (Å²) in [6.45, 7) is 3.79. The number of rotatable bonds is 4. The molecule has 23 heavy (non-hydrogen) atoms. The summed E-state index contributed by atoms with van der Waals surface area (Å²) >= 11 is 0. The van der Waals surface area contributed by atoms with Gasteiger partial charge in [0.1, 0.15) is 5.76 Å². The maximum Gasteiger partial charge on any atom is 0.243 e. The lowest BCUT2D eigenvalue weighted by Gasteiger charge is -2.17. The van der Waals surface area contributed by atoms with Gasteiger partial charge in [0, 0.05) is 30.7 Å². The molecule has 0 spiro atoms. The fourth-order valence-electron chi connectivity index (χ4n) is 2.43. The van der Waals surface area contributed by atoms with Gasteiger partial charge >= 0.3 is 0 Å². The molecule has 6 nitrogen and oxygen atoms in total. The number of benzene rings is 1. The van der Waals surface area contributed by atoms with E-state index in [0.717, 1.165) is 16.5 Å². The standard InChI is InChI=1S/C16H17N3O3S/c1-11-15(12(2)22-18-11)10-19(3)23(20,21)14-6-7-16-13(9-14)5-4-8-17-16/h4-9H,10H2,1-3H3. The van der Waals surface area contributed by atoms with Crippen molar-refractivity contribution in [2.24, 2.45) is 0 Å². The lowest BCUT2D eigenvalue weighted by Crippen LogP contribution is -2.27. The summed E-state index contributed by atoms with van der Waals surface area (Å²) in [7, 11) is -2.05. The quantitative estimate of drug-likeness (QED) is 0.734. The van der Waals surface area contributed by atoms with Gasteiger partial charge in [0.05, 0.1) is 16.1 Å². The largest absolute Gasteiger partial charge is 0.361 e. The van der Waals surface area contributed by atoms with Crippen molar-refractivity contribution in [2.45, 2.75) is 25.3 Å². The van der Waals surface area contributed by atoms with E-state index in [0.29, 0.717) is 11.5 Å². The number of nitrogens with zero attached hydrogens (tertiary/aromatic N) is 3. The van der Waals surface area contributed by atoms with Gasteiger partial charge in [-0.25, -0.2) is 8.42 Å². The molecule has 0 atom stereocenters. The number of aryl methyl sites for hydroxylation is 2. The van der Waals surface area contributed by atoms with E-state index in [9.17, 15) is 8.42 Å². The highest BCUT2D eigenvalue weighted by Gasteiger charge is 2.23. The van der Waals surface area contributed by atoms with E-state index < -0.39 is 10.0 Å². The second-order valence-corrected chi connectivity index (χ2v) is 7.47. The van der Waals surface area contributed by atoms with Crippen LogP contribution in [0, 0.1) is 13.8 Å². The van der Waals surface area contributed by atoms with E-state index >= 15 is 0 Å². The maximum absolute atomic E-state index is 12.8. The molecular weight excluding hydrogens is 314 g/mol. The third kappa shape index (κ3) is 2.85. The van der Waals surface area contributed by atoms with Crippen molar-refractivity contribution in [2.75, 3.05) is 7.05 Å². The van der Waals surface area contributed by atoms with Crippen LogP contribution >= 0.6 is 0 Å². The first-order valence-electron chi connectivity index (χ1n) is 7.12. The first kappa shape index (κ1) is 15.6. The van der Waals surface area contributed by atoms with Crippen molar-refractivity contribution in [1.82, 2.24) is 14.4 Å². The minimum Gasteiger partial charge on any atom is -0.361 e. The maximum atomic E-state index is 12.8. The van der Waals surface area contributed by atoms with Crippen molar-refractivity contribution in [1.29, 1.82) is 0 Å². The first-order valence-corrected chi connectivity index (χ1v) is 8.56. The Bertz CT molecular complexity index is 944. The van der Waals surface area contributed by atoms with Crippen LogP contribution in [-0.4, -0.2) is 29.9 Å². The zero-order valence-corrected chi connectivity index (χ0v) is 14.0. The molecule has 3 rings (SSSR count). The minimum atomic E-state index is -3.60. The minimum absolute atomic E-state index is 0.217. The molecule has 0 saturated carbocycles. The molecule has 2 aromatic heterocycles. The van der Waals surface area contributed by atoms with E-state index in [-0.39, 0.29) is 11.4 Å². The van der Waals surface area contributed by atoms with Gasteiger partial charge in [0.15, 0.2) is 0 Å². The average Bonchev–Trinajstić information content (AvgIpc) is 2.86. The van der Waals surface area contributed by atoms with Gasteiger partial charge in [-0.3, -0.25) is 4.98 Å². The molecule has 1 aromatic carbocycles. The summed E-state index contributed by atoms with van der Waals surface area (Å²) in [5.74, 6) is 0.632. The molecule has 3 aromatic rings. The van der Waals surface area contributed by atoms with Crippen LogP contribution in [0.25, 0.3) is 10.9 Å². The molecule has 0 aliphatic rings. The van der Waals surface area contributed by atoms with E-state index in [4.69, 9.17) is 4.52 Å². The fraction of sp³-hybridized carbons (Fsp3) is 0.250. The van der Waals surface area contributed by atoms with Gasteiger partial charge in [0.25, 0.3) is 0 Å². The highest BCUT2D eigenvalue weighted by atomic mass is 32.2. The number of aromatic nitrogens is 2. The Kier molecular flexibility index (Phi) is 3.91. The third-order valence-electron chi connectivity index (χ3n) is 3.84. The zero-order valence-electron chi connectivity index (χ0n) is 13.1. The number of pyridine rings is 1. The van der Waals surface area contributed by atoms with Crippen LogP contribution in [-0.2, 0) is 16.6 Å². The fourth-order valence-corrected chi connectivity index (χ4v) is 3.60. The van der Waals surface area contributed by atoms with Gasteiger partial charge in [0.2, 0.25) is 10.0 Å². The molecule has 0 radical (unpaired) electrons. The molecule has 0 saturated heterocycles.